The van der Waals surface area contributed by atoms with E-state index < -0.39 is 27.9 Å². The predicted octanol–water partition coefficient (Wildman–Crippen LogP) is 2.03. The SMILES string of the molecule is CC(C)(C)OC(=O)N1CCCC(CCC(=O)C=N)([N+](=O)[O-])C1. The fourth-order valence-corrected chi connectivity index (χ4v) is 2.47. The largest absolute Gasteiger partial charge is 0.444 e. The average molecular weight is 313 g/mol. The van der Waals surface area contributed by atoms with E-state index in [4.69, 9.17) is 10.1 Å². The fourth-order valence-electron chi connectivity index (χ4n) is 2.47. The third kappa shape index (κ3) is 4.78. The standard InChI is InChI=1S/C14H23N3O5/c1-13(2,3)22-12(19)16-8-4-6-14(10-16,17(20)21)7-5-11(18)9-15/h9,15H,4-8,10H2,1-3H3. The van der Waals surface area contributed by atoms with Crippen LogP contribution in [0.25, 0.3) is 0 Å². The third-order valence-corrected chi connectivity index (χ3v) is 3.59. The minimum Gasteiger partial charge on any atom is -0.444 e. The van der Waals surface area contributed by atoms with Crippen molar-refractivity contribution in [3.05, 3.63) is 10.1 Å². The summed E-state index contributed by atoms with van der Waals surface area (Å²) in [5.41, 5.74) is -2.00. The van der Waals surface area contributed by atoms with Crippen LogP contribution < -0.4 is 0 Å². The lowest BCUT2D eigenvalue weighted by atomic mass is 9.85. The number of nitrogens with one attached hydrogen (secondary N) is 1. The molecule has 1 aliphatic heterocycles. The quantitative estimate of drug-likeness (QED) is 0.474. The number of ketones is 1. The molecular formula is C14H23N3O5. The number of amides is 1. The maximum atomic E-state index is 12.1. The number of hydrogen-bond donors (Lipinski definition) is 1. The zero-order valence-corrected chi connectivity index (χ0v) is 13.3. The van der Waals surface area contributed by atoms with Crippen LogP contribution in [0.15, 0.2) is 0 Å². The topological polar surface area (TPSA) is 114 Å². The van der Waals surface area contributed by atoms with Crippen LogP contribution in [-0.2, 0) is 9.53 Å². The predicted molar refractivity (Wildman–Crippen MR) is 79.8 cm³/mol. The number of nitro groups is 1. The number of nitrogens with zero attached hydrogens (tertiary/aromatic N) is 2. The Morgan fingerprint density at radius 2 is 2.09 bits per heavy atom. The second kappa shape index (κ2) is 6.85. The summed E-state index contributed by atoms with van der Waals surface area (Å²) in [5, 5.41) is 18.4. The molecule has 1 rings (SSSR count). The summed E-state index contributed by atoms with van der Waals surface area (Å²) in [7, 11) is 0. The number of piperidine rings is 1. The van der Waals surface area contributed by atoms with Crippen LogP contribution in [0.4, 0.5) is 4.79 Å². The summed E-state index contributed by atoms with van der Waals surface area (Å²) in [6, 6.07) is 0. The summed E-state index contributed by atoms with van der Waals surface area (Å²) in [4.78, 5) is 35.8. The van der Waals surface area contributed by atoms with Gasteiger partial charge in [0, 0.05) is 30.7 Å². The van der Waals surface area contributed by atoms with Crippen molar-refractivity contribution in [1.82, 2.24) is 4.90 Å². The van der Waals surface area contributed by atoms with Gasteiger partial charge in [0.05, 0.1) is 12.8 Å². The lowest BCUT2D eigenvalue weighted by Crippen LogP contribution is -2.55. The molecule has 1 unspecified atom stereocenters. The number of hydrogen-bond acceptors (Lipinski definition) is 6. The second-order valence-electron chi connectivity index (χ2n) is 6.60. The van der Waals surface area contributed by atoms with Gasteiger partial charge >= 0.3 is 6.09 Å². The summed E-state index contributed by atoms with van der Waals surface area (Å²) < 4.78 is 5.26. The van der Waals surface area contributed by atoms with Crippen LogP contribution in [0, 0.1) is 15.5 Å². The molecule has 1 amide bonds. The second-order valence-corrected chi connectivity index (χ2v) is 6.60. The van der Waals surface area contributed by atoms with Gasteiger partial charge in [-0.1, -0.05) is 0 Å². The molecule has 0 saturated carbocycles. The molecule has 1 fully saturated rings. The molecule has 0 spiro atoms. The van der Waals surface area contributed by atoms with Crippen molar-refractivity contribution in [2.75, 3.05) is 13.1 Å². The van der Waals surface area contributed by atoms with Gasteiger partial charge in [-0.15, -0.1) is 0 Å². The van der Waals surface area contributed by atoms with Gasteiger partial charge in [-0.25, -0.2) is 4.79 Å². The van der Waals surface area contributed by atoms with E-state index in [-0.39, 0.29) is 19.4 Å². The fraction of sp³-hybridized carbons (Fsp3) is 0.786. The number of likely N-dealkylation sites (tertiary alicyclic amines) is 1. The average Bonchev–Trinajstić information content (AvgIpc) is 2.43. The molecule has 0 aromatic heterocycles. The Hall–Kier alpha value is -1.99. The first kappa shape index (κ1) is 18.1. The maximum absolute atomic E-state index is 12.1. The number of ether oxygens (including phenoxy) is 1. The van der Waals surface area contributed by atoms with E-state index in [0.717, 1.165) is 0 Å². The van der Waals surface area contributed by atoms with Crippen molar-refractivity contribution in [2.45, 2.75) is 57.6 Å². The van der Waals surface area contributed by atoms with Gasteiger partial charge in [0.15, 0.2) is 5.78 Å². The molecule has 0 radical (unpaired) electrons. The molecule has 8 heteroatoms. The van der Waals surface area contributed by atoms with Gasteiger partial charge < -0.3 is 15.0 Å². The molecule has 1 N–H and O–H groups in total. The van der Waals surface area contributed by atoms with Crippen LogP contribution in [0.3, 0.4) is 0 Å². The van der Waals surface area contributed by atoms with E-state index in [1.807, 2.05) is 0 Å². The van der Waals surface area contributed by atoms with Gasteiger partial charge in [0.25, 0.3) is 0 Å². The van der Waals surface area contributed by atoms with Gasteiger partial charge in [0.1, 0.15) is 5.60 Å². The molecule has 0 aromatic rings. The van der Waals surface area contributed by atoms with Crippen LogP contribution in [0.2, 0.25) is 0 Å². The monoisotopic (exact) mass is 313 g/mol. The summed E-state index contributed by atoms with van der Waals surface area (Å²) in [6.07, 6.45) is 0.850. The number of rotatable bonds is 5. The highest BCUT2D eigenvalue weighted by atomic mass is 16.6. The van der Waals surface area contributed by atoms with E-state index in [1.54, 1.807) is 20.8 Å². The Labute approximate surface area is 129 Å². The molecule has 22 heavy (non-hydrogen) atoms. The molecule has 1 heterocycles. The number of carbonyl (C=O) groups is 2. The maximum Gasteiger partial charge on any atom is 0.410 e. The van der Waals surface area contributed by atoms with Crippen LogP contribution in [0.1, 0.15) is 46.5 Å². The Morgan fingerprint density at radius 1 is 1.45 bits per heavy atom. The minimum absolute atomic E-state index is 0.0213. The van der Waals surface area contributed by atoms with E-state index in [9.17, 15) is 19.7 Å². The Morgan fingerprint density at radius 3 is 2.59 bits per heavy atom. The van der Waals surface area contributed by atoms with E-state index in [1.165, 1.54) is 4.90 Å². The molecule has 0 bridgehead atoms. The highest BCUT2D eigenvalue weighted by Gasteiger charge is 2.48. The van der Waals surface area contributed by atoms with Crippen molar-refractivity contribution in [1.29, 1.82) is 5.41 Å². The summed E-state index contributed by atoms with van der Waals surface area (Å²) in [6.45, 7) is 5.54. The molecular weight excluding hydrogens is 290 g/mol. The normalized spacial score (nSPS) is 22.0. The molecule has 1 saturated heterocycles. The smallest absolute Gasteiger partial charge is 0.410 e. The first-order valence-electron chi connectivity index (χ1n) is 7.25. The number of carbonyl (C=O) groups excluding carboxylic acids is 2. The highest BCUT2D eigenvalue weighted by molar-refractivity contribution is 6.26. The Bertz CT molecular complexity index is 472. The first-order valence-corrected chi connectivity index (χ1v) is 7.25. The summed E-state index contributed by atoms with van der Waals surface area (Å²) in [5.74, 6) is -0.449. The molecule has 1 aliphatic rings. The van der Waals surface area contributed by atoms with Crippen LogP contribution in [-0.4, -0.2) is 52.1 Å². The van der Waals surface area contributed by atoms with Crippen LogP contribution >= 0.6 is 0 Å². The highest BCUT2D eigenvalue weighted by Crippen LogP contribution is 2.30. The zero-order chi connectivity index (χ0) is 17.0. The summed E-state index contributed by atoms with van der Waals surface area (Å²) >= 11 is 0. The molecule has 124 valence electrons. The lowest BCUT2D eigenvalue weighted by molar-refractivity contribution is -0.575. The Balaban J connectivity index is 2.82. The van der Waals surface area contributed by atoms with Gasteiger partial charge in [-0.3, -0.25) is 14.9 Å². The molecule has 1 atom stereocenters. The van der Waals surface area contributed by atoms with Crippen molar-refractivity contribution in [2.24, 2.45) is 0 Å². The van der Waals surface area contributed by atoms with Crippen molar-refractivity contribution in [3.63, 3.8) is 0 Å². The first-order chi connectivity index (χ1) is 10.1. The zero-order valence-electron chi connectivity index (χ0n) is 13.3. The van der Waals surface area contributed by atoms with E-state index in [0.29, 0.717) is 25.6 Å². The molecule has 0 aliphatic carbocycles. The van der Waals surface area contributed by atoms with Gasteiger partial charge in [0.2, 0.25) is 5.54 Å². The van der Waals surface area contributed by atoms with Crippen molar-refractivity contribution >= 4 is 18.1 Å². The molecule has 8 nitrogen and oxygen atoms in total. The van der Waals surface area contributed by atoms with E-state index >= 15 is 0 Å². The van der Waals surface area contributed by atoms with Gasteiger partial charge in [-0.05, 0) is 27.2 Å². The minimum atomic E-state index is -1.34. The number of Topliss-reactive ketones (excluding diaryl/α,β-unsaturated/α-hetero) is 1. The van der Waals surface area contributed by atoms with Crippen molar-refractivity contribution in [3.8, 4) is 0 Å². The molecule has 0 aromatic carbocycles. The van der Waals surface area contributed by atoms with Crippen molar-refractivity contribution < 1.29 is 19.2 Å². The lowest BCUT2D eigenvalue weighted by Gasteiger charge is -2.37. The van der Waals surface area contributed by atoms with Gasteiger partial charge in [-0.2, -0.15) is 0 Å². The van der Waals surface area contributed by atoms with E-state index in [2.05, 4.69) is 0 Å². The Kier molecular flexibility index (Phi) is 5.62. The van der Waals surface area contributed by atoms with Crippen LogP contribution in [0.5, 0.6) is 0 Å². The third-order valence-electron chi connectivity index (χ3n) is 3.59.